The maximum Gasteiger partial charge on any atom is 0.338 e. The SMILES string of the molecule is CCCOc1ccc(C(=O)OC(C)C(=O)c2ccc3c(c2)CCN3C(C)=O)cc1. The molecular weight excluding hydrogens is 370 g/mol. The third-order valence-corrected chi connectivity index (χ3v) is 4.86. The lowest BCUT2D eigenvalue weighted by Crippen LogP contribution is -2.26. The average molecular weight is 395 g/mol. The van der Waals surface area contributed by atoms with Gasteiger partial charge in [-0.3, -0.25) is 9.59 Å². The monoisotopic (exact) mass is 395 g/mol. The third-order valence-electron chi connectivity index (χ3n) is 4.86. The highest BCUT2D eigenvalue weighted by molar-refractivity contribution is 6.02. The van der Waals surface area contributed by atoms with Crippen molar-refractivity contribution < 1.29 is 23.9 Å². The first-order valence-electron chi connectivity index (χ1n) is 9.79. The molecule has 1 unspecified atom stereocenters. The number of ketones is 1. The fraction of sp³-hybridized carbons (Fsp3) is 0.348. The minimum atomic E-state index is -0.915. The molecule has 1 aliphatic heterocycles. The number of esters is 1. The highest BCUT2D eigenvalue weighted by Crippen LogP contribution is 2.29. The maximum absolute atomic E-state index is 12.7. The standard InChI is InChI=1S/C23H25NO5/c1-4-13-28-20-8-5-17(6-9-20)23(27)29-15(2)22(26)19-7-10-21-18(14-19)11-12-24(21)16(3)25/h5-10,14-15H,4,11-13H2,1-3H3. The van der Waals surface area contributed by atoms with Crippen LogP contribution in [0, 0.1) is 0 Å². The molecule has 2 aromatic carbocycles. The fourth-order valence-corrected chi connectivity index (χ4v) is 3.31. The van der Waals surface area contributed by atoms with Gasteiger partial charge in [-0.1, -0.05) is 6.92 Å². The summed E-state index contributed by atoms with van der Waals surface area (Å²) in [5.41, 5.74) is 2.62. The van der Waals surface area contributed by atoms with E-state index in [9.17, 15) is 14.4 Å². The number of hydrogen-bond acceptors (Lipinski definition) is 5. The molecule has 1 heterocycles. The van der Waals surface area contributed by atoms with Crippen molar-refractivity contribution in [2.75, 3.05) is 18.1 Å². The van der Waals surface area contributed by atoms with E-state index >= 15 is 0 Å². The first-order chi connectivity index (χ1) is 13.9. The number of benzene rings is 2. The molecule has 1 amide bonds. The fourth-order valence-electron chi connectivity index (χ4n) is 3.31. The molecule has 152 valence electrons. The number of anilines is 1. The zero-order chi connectivity index (χ0) is 21.0. The summed E-state index contributed by atoms with van der Waals surface area (Å²) in [5.74, 6) is -0.163. The molecule has 0 spiro atoms. The summed E-state index contributed by atoms with van der Waals surface area (Å²) < 4.78 is 10.9. The number of fused-ring (bicyclic) bond motifs is 1. The number of carbonyl (C=O) groups excluding carboxylic acids is 3. The Balaban J connectivity index is 1.65. The van der Waals surface area contributed by atoms with Crippen LogP contribution in [-0.4, -0.2) is 36.9 Å². The molecule has 0 N–H and O–H groups in total. The first kappa shape index (κ1) is 20.6. The Morgan fingerprint density at radius 1 is 1.07 bits per heavy atom. The Morgan fingerprint density at radius 2 is 1.76 bits per heavy atom. The van der Waals surface area contributed by atoms with Gasteiger partial charge in [0, 0.05) is 24.7 Å². The van der Waals surface area contributed by atoms with Gasteiger partial charge in [-0.15, -0.1) is 0 Å². The molecule has 0 aliphatic carbocycles. The van der Waals surface area contributed by atoms with Crippen LogP contribution in [0.15, 0.2) is 42.5 Å². The number of carbonyl (C=O) groups is 3. The van der Waals surface area contributed by atoms with Crippen LogP contribution in [0.25, 0.3) is 0 Å². The molecule has 1 aliphatic rings. The van der Waals surface area contributed by atoms with Gasteiger partial charge in [0.2, 0.25) is 11.7 Å². The van der Waals surface area contributed by atoms with Gasteiger partial charge in [0.25, 0.3) is 0 Å². The summed E-state index contributed by atoms with van der Waals surface area (Å²) >= 11 is 0. The number of rotatable bonds is 7. The van der Waals surface area contributed by atoms with Gasteiger partial charge in [0.05, 0.1) is 12.2 Å². The van der Waals surface area contributed by atoms with E-state index in [1.54, 1.807) is 54.3 Å². The number of Topliss-reactive ketones (excluding diaryl/α,β-unsaturated/α-hetero) is 1. The van der Waals surface area contributed by atoms with Crippen LogP contribution in [0.4, 0.5) is 5.69 Å². The smallest absolute Gasteiger partial charge is 0.338 e. The number of amides is 1. The molecule has 1 atom stereocenters. The van der Waals surface area contributed by atoms with E-state index in [4.69, 9.17) is 9.47 Å². The summed E-state index contributed by atoms with van der Waals surface area (Å²) in [4.78, 5) is 38.4. The van der Waals surface area contributed by atoms with Crippen LogP contribution in [0.1, 0.15) is 53.5 Å². The Labute approximate surface area is 170 Å². The molecule has 2 aromatic rings. The summed E-state index contributed by atoms with van der Waals surface area (Å²) in [6, 6.07) is 11.9. The predicted molar refractivity (Wildman–Crippen MR) is 110 cm³/mol. The quantitative estimate of drug-likeness (QED) is 0.526. The molecule has 0 saturated carbocycles. The van der Waals surface area contributed by atoms with Crippen molar-refractivity contribution in [3.63, 3.8) is 0 Å². The van der Waals surface area contributed by atoms with E-state index in [0.717, 1.165) is 17.7 Å². The number of hydrogen-bond donors (Lipinski definition) is 0. The number of nitrogens with zero attached hydrogens (tertiary/aromatic N) is 1. The zero-order valence-electron chi connectivity index (χ0n) is 16.9. The highest BCUT2D eigenvalue weighted by Gasteiger charge is 2.25. The minimum absolute atomic E-state index is 0.0174. The van der Waals surface area contributed by atoms with Crippen molar-refractivity contribution in [3.05, 3.63) is 59.2 Å². The predicted octanol–water partition coefficient (Wildman–Crippen LogP) is 3.81. The van der Waals surface area contributed by atoms with Gasteiger partial charge >= 0.3 is 5.97 Å². The van der Waals surface area contributed by atoms with E-state index in [0.29, 0.717) is 36.4 Å². The van der Waals surface area contributed by atoms with E-state index in [1.807, 2.05) is 6.92 Å². The molecule has 0 aromatic heterocycles. The van der Waals surface area contributed by atoms with Crippen LogP contribution in [0.3, 0.4) is 0 Å². The molecule has 0 radical (unpaired) electrons. The van der Waals surface area contributed by atoms with Crippen molar-refractivity contribution in [1.29, 1.82) is 0 Å². The van der Waals surface area contributed by atoms with Crippen molar-refractivity contribution in [2.45, 2.75) is 39.7 Å². The second-order valence-corrected chi connectivity index (χ2v) is 7.05. The van der Waals surface area contributed by atoms with Crippen LogP contribution in [0.5, 0.6) is 5.75 Å². The van der Waals surface area contributed by atoms with Crippen LogP contribution in [0.2, 0.25) is 0 Å². The van der Waals surface area contributed by atoms with Gasteiger partial charge in [-0.25, -0.2) is 4.79 Å². The summed E-state index contributed by atoms with van der Waals surface area (Å²) in [6.07, 6.45) is 0.692. The highest BCUT2D eigenvalue weighted by atomic mass is 16.5. The largest absolute Gasteiger partial charge is 0.494 e. The molecule has 6 heteroatoms. The van der Waals surface area contributed by atoms with E-state index in [2.05, 4.69) is 0 Å². The molecule has 6 nitrogen and oxygen atoms in total. The minimum Gasteiger partial charge on any atom is -0.494 e. The van der Waals surface area contributed by atoms with Gasteiger partial charge in [-0.05, 0) is 67.8 Å². The molecular formula is C23H25NO5. The molecule has 0 saturated heterocycles. The normalized spacial score (nSPS) is 13.6. The lowest BCUT2D eigenvalue weighted by molar-refractivity contribution is -0.116. The second kappa shape index (κ2) is 8.90. The van der Waals surface area contributed by atoms with Gasteiger partial charge in [0.1, 0.15) is 5.75 Å². The Hall–Kier alpha value is -3.15. The van der Waals surface area contributed by atoms with Crippen molar-refractivity contribution in [2.24, 2.45) is 0 Å². The van der Waals surface area contributed by atoms with E-state index in [-0.39, 0.29) is 11.7 Å². The van der Waals surface area contributed by atoms with Crippen LogP contribution >= 0.6 is 0 Å². The summed E-state index contributed by atoms with van der Waals surface area (Å²) in [7, 11) is 0. The van der Waals surface area contributed by atoms with Crippen LogP contribution in [-0.2, 0) is 16.0 Å². The van der Waals surface area contributed by atoms with Gasteiger partial charge in [-0.2, -0.15) is 0 Å². The lowest BCUT2D eigenvalue weighted by Gasteiger charge is -2.16. The van der Waals surface area contributed by atoms with E-state index in [1.165, 1.54) is 6.92 Å². The Kier molecular flexibility index (Phi) is 6.32. The van der Waals surface area contributed by atoms with Crippen LogP contribution < -0.4 is 9.64 Å². The van der Waals surface area contributed by atoms with E-state index < -0.39 is 12.1 Å². The average Bonchev–Trinajstić information content (AvgIpc) is 3.15. The first-order valence-corrected chi connectivity index (χ1v) is 9.79. The lowest BCUT2D eigenvalue weighted by atomic mass is 10.0. The van der Waals surface area contributed by atoms with Crippen molar-refractivity contribution in [3.8, 4) is 5.75 Å². The zero-order valence-corrected chi connectivity index (χ0v) is 16.9. The summed E-state index contributed by atoms with van der Waals surface area (Å²) in [6.45, 7) is 6.34. The van der Waals surface area contributed by atoms with Crippen molar-refractivity contribution in [1.82, 2.24) is 0 Å². The van der Waals surface area contributed by atoms with Crippen molar-refractivity contribution >= 4 is 23.3 Å². The van der Waals surface area contributed by atoms with Gasteiger partial charge in [0.15, 0.2) is 6.10 Å². The maximum atomic E-state index is 12.7. The molecule has 3 rings (SSSR count). The Bertz CT molecular complexity index is 919. The number of ether oxygens (including phenoxy) is 2. The van der Waals surface area contributed by atoms with Gasteiger partial charge < -0.3 is 14.4 Å². The molecule has 29 heavy (non-hydrogen) atoms. The molecule has 0 bridgehead atoms. The summed E-state index contributed by atoms with van der Waals surface area (Å²) in [5, 5.41) is 0. The second-order valence-electron chi connectivity index (χ2n) is 7.05. The topological polar surface area (TPSA) is 72.9 Å². The third kappa shape index (κ3) is 4.65. The Morgan fingerprint density at radius 3 is 2.41 bits per heavy atom. The molecule has 0 fully saturated rings.